The Kier molecular flexibility index (Phi) is 6.51. The Morgan fingerprint density at radius 3 is 2.70 bits per heavy atom. The van der Waals surface area contributed by atoms with Crippen molar-refractivity contribution in [2.75, 3.05) is 20.8 Å². The molecule has 33 heavy (non-hydrogen) atoms. The highest BCUT2D eigenvalue weighted by molar-refractivity contribution is 6.32. The Labute approximate surface area is 198 Å². The third-order valence-corrected chi connectivity index (χ3v) is 6.15. The smallest absolute Gasteiger partial charge is 0.244 e. The zero-order chi connectivity index (χ0) is 23.7. The second-order valence-electron chi connectivity index (χ2n) is 8.25. The topological polar surface area (TPSA) is 74.6 Å². The zero-order valence-electron chi connectivity index (χ0n) is 19.4. The molecule has 1 N–H and O–H groups in total. The first-order chi connectivity index (χ1) is 15.8. The van der Waals surface area contributed by atoms with Gasteiger partial charge < -0.3 is 19.5 Å². The van der Waals surface area contributed by atoms with E-state index in [2.05, 4.69) is 16.5 Å². The first kappa shape index (κ1) is 23.0. The number of nitrogens with one attached hydrogen (secondary N) is 1. The summed E-state index contributed by atoms with van der Waals surface area (Å²) in [6.07, 6.45) is 0.445. The van der Waals surface area contributed by atoms with Gasteiger partial charge >= 0.3 is 0 Å². The van der Waals surface area contributed by atoms with Crippen molar-refractivity contribution in [2.45, 2.75) is 39.3 Å². The lowest BCUT2D eigenvalue weighted by molar-refractivity contribution is -0.124. The van der Waals surface area contributed by atoms with E-state index in [4.69, 9.17) is 25.8 Å². The molecule has 0 fully saturated rings. The lowest BCUT2D eigenvalue weighted by atomic mass is 9.99. The molecule has 0 saturated heterocycles. The van der Waals surface area contributed by atoms with Gasteiger partial charge in [-0.25, -0.2) is 0 Å². The van der Waals surface area contributed by atoms with Gasteiger partial charge in [-0.15, -0.1) is 0 Å². The molecule has 0 spiro atoms. The molecule has 0 bridgehead atoms. The molecule has 2 aromatic carbocycles. The van der Waals surface area contributed by atoms with Crippen LogP contribution in [0.25, 0.3) is 11.1 Å². The first-order valence-corrected chi connectivity index (χ1v) is 11.2. The van der Waals surface area contributed by atoms with Gasteiger partial charge in [-0.05, 0) is 62.7 Å². The van der Waals surface area contributed by atoms with Crippen LogP contribution < -0.4 is 19.5 Å². The molecule has 0 saturated carbocycles. The summed E-state index contributed by atoms with van der Waals surface area (Å²) in [7, 11) is 3.26. The monoisotopic (exact) mass is 469 g/mol. The Morgan fingerprint density at radius 1 is 1.24 bits per heavy atom. The van der Waals surface area contributed by atoms with Gasteiger partial charge in [-0.1, -0.05) is 11.6 Å². The van der Waals surface area contributed by atoms with Crippen molar-refractivity contribution in [1.29, 1.82) is 0 Å². The number of amides is 1. The minimum absolute atomic E-state index is 0.103. The Bertz CT molecular complexity index is 1190. The second-order valence-corrected chi connectivity index (χ2v) is 8.66. The van der Waals surface area contributed by atoms with Crippen LogP contribution in [0.4, 0.5) is 0 Å². The molecular formula is C25H28ClN3O4. The van der Waals surface area contributed by atoms with Crippen molar-refractivity contribution in [1.82, 2.24) is 15.1 Å². The number of carbonyl (C=O) groups is 1. The number of ether oxygens (including phenoxy) is 3. The molecule has 3 aromatic rings. The van der Waals surface area contributed by atoms with Crippen LogP contribution in [-0.4, -0.2) is 42.6 Å². The maximum atomic E-state index is 12.7. The van der Waals surface area contributed by atoms with Gasteiger partial charge in [0.05, 0.1) is 31.5 Å². The summed E-state index contributed by atoms with van der Waals surface area (Å²) in [5.74, 6) is 2.02. The number of benzene rings is 2. The lowest BCUT2D eigenvalue weighted by Crippen LogP contribution is -2.38. The Balaban J connectivity index is 1.47. The molecule has 1 amide bonds. The third-order valence-electron chi connectivity index (χ3n) is 5.87. The van der Waals surface area contributed by atoms with Crippen molar-refractivity contribution < 1.29 is 19.0 Å². The van der Waals surface area contributed by atoms with Crippen molar-refractivity contribution in [2.24, 2.45) is 0 Å². The highest BCUT2D eigenvalue weighted by atomic mass is 35.5. The highest BCUT2D eigenvalue weighted by Crippen LogP contribution is 2.42. The number of aryl methyl sites for hydroxylation is 2. The summed E-state index contributed by atoms with van der Waals surface area (Å²) in [4.78, 5) is 12.7. The molecule has 2 heterocycles. The van der Waals surface area contributed by atoms with Crippen LogP contribution in [0.3, 0.4) is 0 Å². The van der Waals surface area contributed by atoms with Gasteiger partial charge in [0, 0.05) is 23.2 Å². The molecular weight excluding hydrogens is 442 g/mol. The first-order valence-electron chi connectivity index (χ1n) is 10.8. The van der Waals surface area contributed by atoms with Crippen LogP contribution in [0, 0.1) is 13.8 Å². The number of hydrogen-bond donors (Lipinski definition) is 1. The van der Waals surface area contributed by atoms with Crippen LogP contribution >= 0.6 is 11.6 Å². The summed E-state index contributed by atoms with van der Waals surface area (Å²) < 4.78 is 18.7. The summed E-state index contributed by atoms with van der Waals surface area (Å²) >= 11 is 6.58. The number of nitrogens with zero attached hydrogens (tertiary/aromatic N) is 2. The molecule has 2 atom stereocenters. The quantitative estimate of drug-likeness (QED) is 0.550. The van der Waals surface area contributed by atoms with Gasteiger partial charge in [0.2, 0.25) is 5.91 Å². The maximum absolute atomic E-state index is 12.7. The van der Waals surface area contributed by atoms with E-state index in [0.29, 0.717) is 23.7 Å². The van der Waals surface area contributed by atoms with E-state index < -0.39 is 6.04 Å². The Hall–Kier alpha value is -3.19. The van der Waals surface area contributed by atoms with E-state index in [1.165, 1.54) is 0 Å². The standard InChI is InChI=1S/C25H28ClN3O4/c1-14-8-15(2)29(28-14)16(3)25(30)27-13-20-10-18-9-17(11-22(26)24(18)33-20)21-12-19(31-4)6-7-23(21)32-5/h6-9,11-12,16,20H,10,13H2,1-5H3,(H,27,30)/t16-,20+/m0/s1. The van der Waals surface area contributed by atoms with E-state index in [1.807, 2.05) is 51.1 Å². The number of fused-ring (bicyclic) bond motifs is 1. The minimum atomic E-state index is -0.404. The van der Waals surface area contributed by atoms with Gasteiger partial charge in [0.1, 0.15) is 29.4 Å². The fourth-order valence-corrected chi connectivity index (χ4v) is 4.49. The van der Waals surface area contributed by atoms with Gasteiger partial charge in [-0.2, -0.15) is 5.10 Å². The third kappa shape index (κ3) is 4.64. The molecule has 0 aliphatic carbocycles. The van der Waals surface area contributed by atoms with Crippen LogP contribution in [0.1, 0.15) is 29.9 Å². The summed E-state index contributed by atoms with van der Waals surface area (Å²) in [5.41, 5.74) is 4.64. The highest BCUT2D eigenvalue weighted by Gasteiger charge is 2.28. The van der Waals surface area contributed by atoms with E-state index in [1.54, 1.807) is 18.9 Å². The van der Waals surface area contributed by atoms with E-state index in [-0.39, 0.29) is 12.0 Å². The van der Waals surface area contributed by atoms with Crippen LogP contribution in [0.15, 0.2) is 36.4 Å². The van der Waals surface area contributed by atoms with Gasteiger partial charge in [0.15, 0.2) is 0 Å². The molecule has 174 valence electrons. The normalized spacial score (nSPS) is 15.5. The maximum Gasteiger partial charge on any atom is 0.244 e. The fourth-order valence-electron chi connectivity index (χ4n) is 4.21. The second kappa shape index (κ2) is 9.35. The number of rotatable bonds is 7. The van der Waals surface area contributed by atoms with E-state index >= 15 is 0 Å². The average Bonchev–Trinajstić information content (AvgIpc) is 3.38. The molecule has 0 unspecified atom stereocenters. The predicted molar refractivity (Wildman–Crippen MR) is 128 cm³/mol. The van der Waals surface area contributed by atoms with Crippen molar-refractivity contribution >= 4 is 17.5 Å². The summed E-state index contributed by atoms with van der Waals surface area (Å²) in [6.45, 7) is 6.07. The zero-order valence-corrected chi connectivity index (χ0v) is 20.2. The molecule has 0 radical (unpaired) electrons. The number of halogens is 1. The SMILES string of the molecule is COc1ccc(OC)c(-c2cc(Cl)c3c(c2)C[C@H](CNC(=O)[C@H](C)n2nc(C)cc2C)O3)c1. The van der Waals surface area contributed by atoms with E-state index in [0.717, 1.165) is 39.6 Å². The van der Waals surface area contributed by atoms with Crippen molar-refractivity contribution in [3.8, 4) is 28.4 Å². The van der Waals surface area contributed by atoms with Gasteiger partial charge in [-0.3, -0.25) is 9.48 Å². The molecule has 7 nitrogen and oxygen atoms in total. The molecule has 8 heteroatoms. The van der Waals surface area contributed by atoms with Crippen LogP contribution in [-0.2, 0) is 11.2 Å². The Morgan fingerprint density at radius 2 is 2.03 bits per heavy atom. The number of hydrogen-bond acceptors (Lipinski definition) is 5. The fraction of sp³-hybridized carbons (Fsp3) is 0.360. The minimum Gasteiger partial charge on any atom is -0.497 e. The summed E-state index contributed by atoms with van der Waals surface area (Å²) in [6, 6.07) is 11.1. The van der Waals surface area contributed by atoms with Gasteiger partial charge in [0.25, 0.3) is 0 Å². The van der Waals surface area contributed by atoms with Crippen LogP contribution in [0.2, 0.25) is 5.02 Å². The predicted octanol–water partition coefficient (Wildman–Crippen LogP) is 4.52. The lowest BCUT2D eigenvalue weighted by Gasteiger charge is -2.17. The van der Waals surface area contributed by atoms with E-state index in [9.17, 15) is 4.79 Å². The summed E-state index contributed by atoms with van der Waals surface area (Å²) in [5, 5.41) is 7.92. The largest absolute Gasteiger partial charge is 0.497 e. The molecule has 1 aliphatic rings. The molecule has 1 aliphatic heterocycles. The number of aromatic nitrogens is 2. The van der Waals surface area contributed by atoms with Crippen LogP contribution in [0.5, 0.6) is 17.2 Å². The number of carbonyl (C=O) groups excluding carboxylic acids is 1. The average molecular weight is 470 g/mol. The molecule has 1 aromatic heterocycles. The van der Waals surface area contributed by atoms with Crippen molar-refractivity contribution in [3.05, 3.63) is 58.4 Å². The van der Waals surface area contributed by atoms with Crippen molar-refractivity contribution in [3.63, 3.8) is 0 Å². The molecule has 4 rings (SSSR count). The number of methoxy groups -OCH3 is 2.